The lowest BCUT2D eigenvalue weighted by Crippen LogP contribution is -2.10. The first-order valence-electron chi connectivity index (χ1n) is 9.20. The number of aryl methyl sites for hydroxylation is 2. The van der Waals surface area contributed by atoms with Crippen molar-refractivity contribution in [3.05, 3.63) is 59.4 Å². The first-order chi connectivity index (χ1) is 13.1. The van der Waals surface area contributed by atoms with Gasteiger partial charge in [0.25, 0.3) is 0 Å². The van der Waals surface area contributed by atoms with Crippen LogP contribution in [0.25, 0.3) is 0 Å². The van der Waals surface area contributed by atoms with Gasteiger partial charge in [-0.15, -0.1) is 0 Å². The Kier molecular flexibility index (Phi) is 4.75. The minimum absolute atomic E-state index is 0.498. The first kappa shape index (κ1) is 17.5. The molecule has 0 spiro atoms. The zero-order chi connectivity index (χ0) is 18.8. The highest BCUT2D eigenvalue weighted by molar-refractivity contribution is 5.48. The highest BCUT2D eigenvalue weighted by atomic mass is 16.5. The predicted octanol–water partition coefficient (Wildman–Crippen LogP) is 3.02. The van der Waals surface area contributed by atoms with E-state index in [1.54, 1.807) is 4.68 Å². The van der Waals surface area contributed by atoms with Gasteiger partial charge in [-0.05, 0) is 32.4 Å². The van der Waals surface area contributed by atoms with Crippen molar-refractivity contribution in [2.45, 2.75) is 32.7 Å². The second-order valence-electron chi connectivity index (χ2n) is 7.09. The highest BCUT2D eigenvalue weighted by Crippen LogP contribution is 2.46. The van der Waals surface area contributed by atoms with Crippen LogP contribution in [0.3, 0.4) is 0 Å². The number of rotatable bonds is 7. The average molecular weight is 364 g/mol. The molecule has 0 aromatic carbocycles. The van der Waals surface area contributed by atoms with E-state index in [0.29, 0.717) is 36.7 Å². The largest absolute Gasteiger partial charge is 0.477 e. The van der Waals surface area contributed by atoms with E-state index >= 15 is 0 Å². The molecule has 1 aliphatic carbocycles. The molecule has 140 valence electrons. The molecule has 1 saturated carbocycles. The summed E-state index contributed by atoms with van der Waals surface area (Å²) >= 11 is 0. The molecule has 3 heterocycles. The van der Waals surface area contributed by atoms with Crippen molar-refractivity contribution in [2.24, 2.45) is 13.0 Å². The van der Waals surface area contributed by atoms with Crippen molar-refractivity contribution in [2.75, 3.05) is 11.9 Å². The van der Waals surface area contributed by atoms with Crippen LogP contribution in [0.5, 0.6) is 5.88 Å². The lowest BCUT2D eigenvalue weighted by atomic mass is 10.2. The van der Waals surface area contributed by atoms with Gasteiger partial charge in [0, 0.05) is 49.1 Å². The molecule has 0 radical (unpaired) electrons. The Hall–Kier alpha value is -2.96. The number of hydrogen-bond donors (Lipinski definition) is 1. The Labute approximate surface area is 158 Å². The van der Waals surface area contributed by atoms with E-state index in [-0.39, 0.29) is 0 Å². The molecule has 2 atom stereocenters. The maximum atomic E-state index is 6.05. The number of pyridine rings is 1. The van der Waals surface area contributed by atoms with Crippen LogP contribution in [-0.4, -0.2) is 31.3 Å². The second-order valence-corrected chi connectivity index (χ2v) is 7.09. The molecule has 2 unspecified atom stereocenters. The monoisotopic (exact) mass is 364 g/mol. The average Bonchev–Trinajstić information content (AvgIpc) is 3.34. The minimum Gasteiger partial charge on any atom is -0.477 e. The van der Waals surface area contributed by atoms with Crippen molar-refractivity contribution in [3.8, 4) is 5.88 Å². The Bertz CT molecular complexity index is 923. The van der Waals surface area contributed by atoms with Crippen LogP contribution in [0.1, 0.15) is 35.0 Å². The van der Waals surface area contributed by atoms with Gasteiger partial charge in [-0.3, -0.25) is 9.67 Å². The van der Waals surface area contributed by atoms with E-state index in [0.717, 1.165) is 29.1 Å². The van der Waals surface area contributed by atoms with E-state index in [4.69, 9.17) is 4.74 Å². The number of hydrogen-bond acceptors (Lipinski definition) is 6. The maximum absolute atomic E-state index is 6.05. The maximum Gasteiger partial charge on any atom is 0.221 e. The quantitative estimate of drug-likeness (QED) is 0.694. The van der Waals surface area contributed by atoms with E-state index in [2.05, 4.69) is 31.4 Å². The number of nitrogens with one attached hydrogen (secondary N) is 1. The van der Waals surface area contributed by atoms with E-state index in [9.17, 15) is 0 Å². The second kappa shape index (κ2) is 7.34. The molecule has 7 heteroatoms. The molecule has 0 bridgehead atoms. The van der Waals surface area contributed by atoms with Crippen LogP contribution in [0.15, 0.2) is 36.8 Å². The van der Waals surface area contributed by atoms with Gasteiger partial charge in [0.1, 0.15) is 11.6 Å². The molecule has 3 aromatic heterocycles. The Morgan fingerprint density at radius 3 is 2.89 bits per heavy atom. The summed E-state index contributed by atoms with van der Waals surface area (Å²) in [6, 6.07) is 6.08. The zero-order valence-corrected chi connectivity index (χ0v) is 15.9. The minimum atomic E-state index is 0.498. The lowest BCUT2D eigenvalue weighted by Gasteiger charge is -2.13. The van der Waals surface area contributed by atoms with Crippen molar-refractivity contribution in [3.63, 3.8) is 0 Å². The third kappa shape index (κ3) is 4.07. The standard InChI is InChI=1S/C20H24N6O/c1-13-19(22-9-15-10-23-26(3)11-15)24-14(2)25-20(13)27-12-16-8-17(16)18-6-4-5-7-21-18/h4-7,10-11,16-17H,8-9,12H2,1-3H3,(H,22,24,25). The molecule has 0 aliphatic heterocycles. The fraction of sp³-hybridized carbons (Fsp3) is 0.400. The smallest absolute Gasteiger partial charge is 0.221 e. The van der Waals surface area contributed by atoms with Crippen LogP contribution in [0, 0.1) is 19.8 Å². The summed E-state index contributed by atoms with van der Waals surface area (Å²) in [5.74, 6) is 3.15. The van der Waals surface area contributed by atoms with Crippen LogP contribution >= 0.6 is 0 Å². The van der Waals surface area contributed by atoms with Gasteiger partial charge in [0.05, 0.1) is 18.4 Å². The first-order valence-corrected chi connectivity index (χ1v) is 9.20. The lowest BCUT2D eigenvalue weighted by molar-refractivity contribution is 0.282. The third-order valence-electron chi connectivity index (χ3n) is 4.86. The SMILES string of the molecule is Cc1nc(NCc2cnn(C)c2)c(C)c(OCC2CC2c2ccccn2)n1. The van der Waals surface area contributed by atoms with E-state index in [1.165, 1.54) is 0 Å². The third-order valence-corrected chi connectivity index (χ3v) is 4.86. The number of nitrogens with zero attached hydrogens (tertiary/aromatic N) is 5. The van der Waals surface area contributed by atoms with E-state index < -0.39 is 0 Å². The molecular weight excluding hydrogens is 340 g/mol. The molecule has 1 N–H and O–H groups in total. The van der Waals surface area contributed by atoms with Crippen molar-refractivity contribution in [1.82, 2.24) is 24.7 Å². The summed E-state index contributed by atoms with van der Waals surface area (Å²) in [6.07, 6.45) is 6.80. The van der Waals surface area contributed by atoms with Gasteiger partial charge in [0.15, 0.2) is 0 Å². The van der Waals surface area contributed by atoms with E-state index in [1.807, 2.05) is 51.6 Å². The normalized spacial score (nSPS) is 18.3. The fourth-order valence-electron chi connectivity index (χ4n) is 3.24. The van der Waals surface area contributed by atoms with Crippen LogP contribution in [0.2, 0.25) is 0 Å². The number of ether oxygens (including phenoxy) is 1. The Morgan fingerprint density at radius 1 is 1.26 bits per heavy atom. The Morgan fingerprint density at radius 2 is 2.15 bits per heavy atom. The summed E-state index contributed by atoms with van der Waals surface area (Å²) in [4.78, 5) is 13.5. The molecular formula is C20H24N6O. The topological polar surface area (TPSA) is 77.8 Å². The van der Waals surface area contributed by atoms with Crippen LogP contribution in [-0.2, 0) is 13.6 Å². The van der Waals surface area contributed by atoms with Crippen molar-refractivity contribution in [1.29, 1.82) is 0 Å². The zero-order valence-electron chi connectivity index (χ0n) is 15.9. The molecule has 7 nitrogen and oxygen atoms in total. The van der Waals surface area contributed by atoms with Gasteiger partial charge in [0.2, 0.25) is 5.88 Å². The van der Waals surface area contributed by atoms with Gasteiger partial charge in [-0.25, -0.2) is 4.98 Å². The van der Waals surface area contributed by atoms with Crippen molar-refractivity contribution >= 4 is 5.82 Å². The van der Waals surface area contributed by atoms with Gasteiger partial charge in [-0.1, -0.05) is 6.07 Å². The predicted molar refractivity (Wildman–Crippen MR) is 103 cm³/mol. The summed E-state index contributed by atoms with van der Waals surface area (Å²) in [7, 11) is 1.91. The summed E-state index contributed by atoms with van der Waals surface area (Å²) < 4.78 is 7.84. The number of aromatic nitrogens is 5. The van der Waals surface area contributed by atoms with Gasteiger partial charge >= 0.3 is 0 Å². The Balaban J connectivity index is 1.39. The fourth-order valence-corrected chi connectivity index (χ4v) is 3.24. The summed E-state index contributed by atoms with van der Waals surface area (Å²) in [5.41, 5.74) is 3.19. The number of anilines is 1. The summed E-state index contributed by atoms with van der Waals surface area (Å²) in [6.45, 7) is 5.19. The molecule has 0 saturated heterocycles. The molecule has 4 rings (SSSR count). The summed E-state index contributed by atoms with van der Waals surface area (Å²) in [5, 5.41) is 7.56. The molecule has 0 amide bonds. The van der Waals surface area contributed by atoms with Crippen LogP contribution in [0.4, 0.5) is 5.82 Å². The molecule has 27 heavy (non-hydrogen) atoms. The molecule has 3 aromatic rings. The van der Waals surface area contributed by atoms with Gasteiger partial charge in [-0.2, -0.15) is 10.1 Å². The van der Waals surface area contributed by atoms with Crippen LogP contribution < -0.4 is 10.1 Å². The van der Waals surface area contributed by atoms with Crippen molar-refractivity contribution < 1.29 is 4.74 Å². The highest BCUT2D eigenvalue weighted by Gasteiger charge is 2.40. The molecule has 1 fully saturated rings. The van der Waals surface area contributed by atoms with Gasteiger partial charge < -0.3 is 10.1 Å². The molecule has 1 aliphatic rings.